The number of β-amino-alcohol motifs (C(OH)–C–C–N with tert-alkyl or cyclic N) is 1. The van der Waals surface area contributed by atoms with Gasteiger partial charge in [-0.15, -0.1) is 0 Å². The van der Waals surface area contributed by atoms with Gasteiger partial charge in [0.2, 0.25) is 11.7 Å². The molecule has 0 bridgehead atoms. The summed E-state index contributed by atoms with van der Waals surface area (Å²) < 4.78 is 6.42. The summed E-state index contributed by atoms with van der Waals surface area (Å²) in [5.41, 5.74) is 3.22. The number of aliphatic hydroxyl groups excluding tert-OH is 1. The summed E-state index contributed by atoms with van der Waals surface area (Å²) in [6.07, 6.45) is 0.271. The van der Waals surface area contributed by atoms with Crippen molar-refractivity contribution in [2.75, 3.05) is 6.54 Å². The van der Waals surface area contributed by atoms with Crippen LogP contribution in [0.1, 0.15) is 29.5 Å². The Morgan fingerprint density at radius 1 is 1.35 bits per heavy atom. The number of nitrogens with one attached hydrogen (secondary N) is 1. The first-order valence-corrected chi connectivity index (χ1v) is 7.36. The molecule has 0 unspecified atom stereocenters. The van der Waals surface area contributed by atoms with Crippen LogP contribution in [0.25, 0.3) is 11.4 Å². The zero-order valence-electron chi connectivity index (χ0n) is 11.4. The monoisotopic (exact) mass is 337 g/mol. The van der Waals surface area contributed by atoms with E-state index in [-0.39, 0.29) is 12.1 Å². The van der Waals surface area contributed by atoms with Gasteiger partial charge in [-0.3, -0.25) is 0 Å². The van der Waals surface area contributed by atoms with Crippen LogP contribution >= 0.6 is 15.9 Å². The molecule has 0 aliphatic carbocycles. The van der Waals surface area contributed by atoms with Crippen molar-refractivity contribution >= 4 is 15.9 Å². The van der Waals surface area contributed by atoms with Crippen LogP contribution in [0.4, 0.5) is 0 Å². The average molecular weight is 338 g/mol. The third-order valence-electron chi connectivity index (χ3n) is 3.54. The molecular formula is C14H16BrN3O2. The Morgan fingerprint density at radius 2 is 2.05 bits per heavy atom. The molecule has 0 radical (unpaired) electrons. The number of hydrogen-bond acceptors (Lipinski definition) is 5. The minimum absolute atomic E-state index is 0.0520. The Morgan fingerprint density at radius 3 is 2.65 bits per heavy atom. The van der Waals surface area contributed by atoms with Crippen LogP contribution in [0.2, 0.25) is 0 Å². The average Bonchev–Trinajstić information content (AvgIpc) is 3.03. The quantitative estimate of drug-likeness (QED) is 0.880. The van der Waals surface area contributed by atoms with E-state index in [9.17, 15) is 5.11 Å². The number of nitrogens with zero attached hydrogens (tertiary/aromatic N) is 2. The maximum absolute atomic E-state index is 9.53. The van der Waals surface area contributed by atoms with E-state index in [0.29, 0.717) is 24.7 Å². The molecule has 20 heavy (non-hydrogen) atoms. The van der Waals surface area contributed by atoms with Gasteiger partial charge in [0.25, 0.3) is 0 Å². The van der Waals surface area contributed by atoms with Crippen LogP contribution in [0.5, 0.6) is 0 Å². The number of hydrogen-bond donors (Lipinski definition) is 2. The molecule has 1 fully saturated rings. The predicted octanol–water partition coefficient (Wildman–Crippen LogP) is 2.51. The summed E-state index contributed by atoms with van der Waals surface area (Å²) >= 11 is 3.55. The van der Waals surface area contributed by atoms with Crippen LogP contribution in [0.15, 0.2) is 21.1 Å². The van der Waals surface area contributed by atoms with Crippen LogP contribution in [-0.2, 0) is 0 Å². The summed E-state index contributed by atoms with van der Waals surface area (Å²) in [7, 11) is 0. The van der Waals surface area contributed by atoms with Crippen molar-refractivity contribution in [3.63, 3.8) is 0 Å². The molecule has 1 aromatic heterocycles. The molecular weight excluding hydrogens is 322 g/mol. The number of benzene rings is 1. The summed E-state index contributed by atoms with van der Waals surface area (Å²) in [5.74, 6) is 1.12. The minimum Gasteiger partial charge on any atom is -0.392 e. The Bertz CT molecular complexity index is 618. The van der Waals surface area contributed by atoms with Crippen molar-refractivity contribution in [3.8, 4) is 11.4 Å². The van der Waals surface area contributed by atoms with E-state index in [4.69, 9.17) is 4.52 Å². The molecule has 1 aliphatic heterocycles. The minimum atomic E-state index is -0.340. The molecule has 2 heterocycles. The zero-order chi connectivity index (χ0) is 14.3. The van der Waals surface area contributed by atoms with Gasteiger partial charge in [0, 0.05) is 16.6 Å². The number of aliphatic hydroxyl groups is 1. The first-order chi connectivity index (χ1) is 9.54. The molecule has 0 spiro atoms. The second-order valence-electron chi connectivity index (χ2n) is 5.23. The molecule has 2 atom stereocenters. The molecule has 3 rings (SSSR count). The lowest BCUT2D eigenvalue weighted by atomic mass is 10.1. The molecule has 2 N–H and O–H groups in total. The third-order valence-corrected chi connectivity index (χ3v) is 4.79. The van der Waals surface area contributed by atoms with E-state index in [0.717, 1.165) is 21.2 Å². The maximum Gasteiger partial charge on any atom is 0.244 e. The summed E-state index contributed by atoms with van der Waals surface area (Å²) in [6, 6.07) is 4.01. The normalized spacial score (nSPS) is 22.4. The Kier molecular flexibility index (Phi) is 3.62. The summed E-state index contributed by atoms with van der Waals surface area (Å²) in [6.45, 7) is 4.64. The van der Waals surface area contributed by atoms with Crippen molar-refractivity contribution in [3.05, 3.63) is 33.6 Å². The van der Waals surface area contributed by atoms with E-state index in [1.165, 1.54) is 0 Å². The highest BCUT2D eigenvalue weighted by Crippen LogP contribution is 2.29. The highest BCUT2D eigenvalue weighted by Gasteiger charge is 2.28. The molecule has 2 aromatic rings. The lowest BCUT2D eigenvalue weighted by molar-refractivity contribution is 0.191. The number of rotatable bonds is 2. The van der Waals surface area contributed by atoms with Gasteiger partial charge in [0.1, 0.15) is 0 Å². The van der Waals surface area contributed by atoms with E-state index >= 15 is 0 Å². The van der Waals surface area contributed by atoms with Crippen molar-refractivity contribution in [2.24, 2.45) is 0 Å². The second-order valence-corrected chi connectivity index (χ2v) is 6.02. The highest BCUT2D eigenvalue weighted by atomic mass is 79.9. The number of aromatic nitrogens is 2. The maximum atomic E-state index is 9.53. The topological polar surface area (TPSA) is 71.2 Å². The van der Waals surface area contributed by atoms with Crippen LogP contribution in [0.3, 0.4) is 0 Å². The standard InChI is InChI=1S/C14H16BrN3O2/c1-7-3-9(4-8(2)12(7)15)13-17-14(20-18-13)11-5-10(19)6-16-11/h3-4,10-11,16,19H,5-6H2,1-2H3/t10-,11-/m1/s1. The van der Waals surface area contributed by atoms with Crippen molar-refractivity contribution in [1.29, 1.82) is 0 Å². The first-order valence-electron chi connectivity index (χ1n) is 6.57. The van der Waals surface area contributed by atoms with E-state index in [2.05, 4.69) is 31.4 Å². The van der Waals surface area contributed by atoms with Crippen molar-refractivity contribution in [1.82, 2.24) is 15.5 Å². The van der Waals surface area contributed by atoms with Gasteiger partial charge in [-0.05, 0) is 43.5 Å². The van der Waals surface area contributed by atoms with Crippen LogP contribution in [0, 0.1) is 13.8 Å². The van der Waals surface area contributed by atoms with Gasteiger partial charge in [0.15, 0.2) is 0 Å². The molecule has 1 aliphatic rings. The van der Waals surface area contributed by atoms with Crippen molar-refractivity contribution in [2.45, 2.75) is 32.4 Å². The fourth-order valence-corrected chi connectivity index (χ4v) is 2.70. The lowest BCUT2D eigenvalue weighted by Gasteiger charge is -2.05. The number of halogens is 1. The molecule has 0 saturated carbocycles. The summed E-state index contributed by atoms with van der Waals surface area (Å²) in [5, 5.41) is 16.7. The Labute approximate surface area is 125 Å². The van der Waals surface area contributed by atoms with E-state index in [1.807, 2.05) is 26.0 Å². The first kappa shape index (κ1) is 13.7. The van der Waals surface area contributed by atoms with Gasteiger partial charge in [-0.1, -0.05) is 21.1 Å². The lowest BCUT2D eigenvalue weighted by Crippen LogP contribution is -2.15. The van der Waals surface area contributed by atoms with E-state index < -0.39 is 0 Å². The number of aryl methyl sites for hydroxylation is 2. The van der Waals surface area contributed by atoms with Gasteiger partial charge < -0.3 is 14.9 Å². The molecule has 5 nitrogen and oxygen atoms in total. The smallest absolute Gasteiger partial charge is 0.244 e. The zero-order valence-corrected chi connectivity index (χ0v) is 12.9. The molecule has 6 heteroatoms. The van der Waals surface area contributed by atoms with Crippen molar-refractivity contribution < 1.29 is 9.63 Å². The fourth-order valence-electron chi connectivity index (χ4n) is 2.47. The van der Waals surface area contributed by atoms with Gasteiger partial charge in [-0.25, -0.2) is 0 Å². The molecule has 1 saturated heterocycles. The third kappa shape index (κ3) is 2.51. The van der Waals surface area contributed by atoms with Gasteiger partial charge in [-0.2, -0.15) is 4.98 Å². The largest absolute Gasteiger partial charge is 0.392 e. The van der Waals surface area contributed by atoms with E-state index in [1.54, 1.807) is 0 Å². The van der Waals surface area contributed by atoms with Gasteiger partial charge in [0.05, 0.1) is 12.1 Å². The fraction of sp³-hybridized carbons (Fsp3) is 0.429. The SMILES string of the molecule is Cc1cc(-c2noc([C@H]3C[C@@H](O)CN3)n2)cc(C)c1Br. The highest BCUT2D eigenvalue weighted by molar-refractivity contribution is 9.10. The second kappa shape index (κ2) is 5.27. The Hall–Kier alpha value is -1.24. The molecule has 0 amide bonds. The van der Waals surface area contributed by atoms with Crippen LogP contribution in [-0.4, -0.2) is 27.9 Å². The van der Waals surface area contributed by atoms with Crippen LogP contribution < -0.4 is 5.32 Å². The predicted molar refractivity (Wildman–Crippen MR) is 78.3 cm³/mol. The molecule has 1 aromatic carbocycles. The molecule has 106 valence electrons. The summed E-state index contributed by atoms with van der Waals surface area (Å²) in [4.78, 5) is 4.44. The Balaban J connectivity index is 1.90. The van der Waals surface area contributed by atoms with Gasteiger partial charge >= 0.3 is 0 Å².